The lowest BCUT2D eigenvalue weighted by molar-refractivity contribution is 0.0203. The van der Waals surface area contributed by atoms with E-state index >= 15 is 0 Å². The van der Waals surface area contributed by atoms with Gasteiger partial charge in [-0.05, 0) is 58.7 Å². The van der Waals surface area contributed by atoms with Crippen LogP contribution in [0.5, 0.6) is 0 Å². The van der Waals surface area contributed by atoms with Gasteiger partial charge < -0.3 is 19.9 Å². The molecule has 1 saturated heterocycles. The van der Waals surface area contributed by atoms with Crippen LogP contribution in [0.15, 0.2) is 41.3 Å². The summed E-state index contributed by atoms with van der Waals surface area (Å²) >= 11 is 0. The number of carbonyl (C=O) groups is 2. The van der Waals surface area contributed by atoms with Crippen molar-refractivity contribution in [2.24, 2.45) is 0 Å². The molecule has 4 heterocycles. The van der Waals surface area contributed by atoms with Crippen molar-refractivity contribution in [1.82, 2.24) is 29.3 Å². The van der Waals surface area contributed by atoms with E-state index in [2.05, 4.69) is 15.4 Å². The van der Waals surface area contributed by atoms with Crippen LogP contribution in [-0.2, 0) is 11.3 Å². The maximum absolute atomic E-state index is 12.9. The highest BCUT2D eigenvalue weighted by Crippen LogP contribution is 2.32. The molecule has 11 heteroatoms. The van der Waals surface area contributed by atoms with Crippen molar-refractivity contribution in [3.05, 3.63) is 58.3 Å². The van der Waals surface area contributed by atoms with Crippen LogP contribution in [0.3, 0.4) is 0 Å². The van der Waals surface area contributed by atoms with Gasteiger partial charge in [0.1, 0.15) is 11.2 Å². The van der Waals surface area contributed by atoms with Gasteiger partial charge in [0.15, 0.2) is 5.69 Å². The van der Waals surface area contributed by atoms with E-state index in [1.54, 1.807) is 38.5 Å². The van der Waals surface area contributed by atoms with Crippen LogP contribution in [0, 0.1) is 0 Å². The zero-order valence-corrected chi connectivity index (χ0v) is 21.4. The summed E-state index contributed by atoms with van der Waals surface area (Å²) in [5.41, 5.74) is 1.98. The minimum Gasteiger partial charge on any atom is -0.444 e. The number of aryl methyl sites for hydroxylation is 1. The largest absolute Gasteiger partial charge is 0.444 e. The summed E-state index contributed by atoms with van der Waals surface area (Å²) in [4.78, 5) is 42.7. The third kappa shape index (κ3) is 4.93. The van der Waals surface area contributed by atoms with Crippen LogP contribution in [0.4, 0.5) is 10.5 Å². The number of nitrogens with one attached hydrogen (secondary N) is 2. The van der Waals surface area contributed by atoms with Gasteiger partial charge in [0.05, 0.1) is 22.3 Å². The number of hydrogen-bond acceptors (Lipinski definition) is 6. The van der Waals surface area contributed by atoms with Gasteiger partial charge in [-0.3, -0.25) is 14.3 Å². The molecule has 0 unspecified atom stereocenters. The van der Waals surface area contributed by atoms with Gasteiger partial charge in [-0.25, -0.2) is 9.31 Å². The molecule has 4 aromatic rings. The Bertz CT molecular complexity index is 1530. The Morgan fingerprint density at radius 2 is 1.92 bits per heavy atom. The Balaban J connectivity index is 1.45. The molecule has 5 rings (SSSR count). The van der Waals surface area contributed by atoms with Gasteiger partial charge in [-0.15, -0.1) is 0 Å². The van der Waals surface area contributed by atoms with Gasteiger partial charge >= 0.3 is 6.09 Å². The molecule has 11 nitrogen and oxygen atoms in total. The van der Waals surface area contributed by atoms with Crippen molar-refractivity contribution in [2.75, 3.05) is 18.4 Å². The third-order valence-corrected chi connectivity index (χ3v) is 6.47. The van der Waals surface area contributed by atoms with Crippen molar-refractivity contribution in [3.63, 3.8) is 0 Å². The molecule has 1 aromatic carbocycles. The number of anilines is 1. The highest BCUT2D eigenvalue weighted by Gasteiger charge is 2.29. The van der Waals surface area contributed by atoms with Crippen molar-refractivity contribution >= 4 is 34.2 Å². The second-order valence-electron chi connectivity index (χ2n) is 10.3. The summed E-state index contributed by atoms with van der Waals surface area (Å²) < 4.78 is 8.94. The van der Waals surface area contributed by atoms with Gasteiger partial charge in [0.25, 0.3) is 11.5 Å². The summed E-state index contributed by atoms with van der Waals surface area (Å²) in [6.07, 6.45) is 2.79. The minimum absolute atomic E-state index is 0.0360. The lowest BCUT2D eigenvalue weighted by Crippen LogP contribution is -2.41. The van der Waals surface area contributed by atoms with Crippen molar-refractivity contribution in [1.29, 1.82) is 0 Å². The molecule has 1 aliphatic rings. The number of aromatic amines is 1. The Hall–Kier alpha value is -4.15. The fourth-order valence-corrected chi connectivity index (χ4v) is 4.71. The number of nitrogens with zero attached hydrogens (tertiary/aromatic N) is 5. The first-order valence-electron chi connectivity index (χ1n) is 12.5. The van der Waals surface area contributed by atoms with Crippen LogP contribution in [0.25, 0.3) is 16.6 Å². The molecule has 0 saturated carbocycles. The van der Waals surface area contributed by atoms with Crippen molar-refractivity contribution in [2.45, 2.75) is 58.6 Å². The maximum Gasteiger partial charge on any atom is 0.410 e. The van der Waals surface area contributed by atoms with Gasteiger partial charge in [0, 0.05) is 37.8 Å². The molecule has 0 atom stereocenters. The summed E-state index contributed by atoms with van der Waals surface area (Å²) in [6.45, 7) is 9.21. The molecular formula is C26H31N7O4. The number of hydrogen-bond donors (Lipinski definition) is 2. The summed E-state index contributed by atoms with van der Waals surface area (Å²) in [5, 5.41) is 12.6. The van der Waals surface area contributed by atoms with Crippen LogP contribution < -0.4 is 10.9 Å². The molecule has 0 spiro atoms. The third-order valence-electron chi connectivity index (χ3n) is 6.47. The molecule has 0 aliphatic carbocycles. The van der Waals surface area contributed by atoms with E-state index in [0.717, 1.165) is 5.69 Å². The predicted octanol–water partition coefficient (Wildman–Crippen LogP) is 3.76. The number of rotatable bonds is 4. The molecule has 1 fully saturated rings. The molecule has 2 amide bonds. The summed E-state index contributed by atoms with van der Waals surface area (Å²) in [7, 11) is 0. The van der Waals surface area contributed by atoms with Crippen molar-refractivity contribution in [3.8, 4) is 0 Å². The minimum atomic E-state index is -0.550. The smallest absolute Gasteiger partial charge is 0.410 e. The molecule has 194 valence electrons. The quantitative estimate of drug-likeness (QED) is 0.435. The molecule has 2 N–H and O–H groups in total. The maximum atomic E-state index is 12.9. The summed E-state index contributed by atoms with van der Waals surface area (Å²) in [5.74, 6) is -0.305. The summed E-state index contributed by atoms with van der Waals surface area (Å²) in [6, 6.07) is 8.67. The number of ether oxygens (including phenoxy) is 1. The lowest BCUT2D eigenvalue weighted by atomic mass is 9.93. The first kappa shape index (κ1) is 24.5. The number of amides is 2. The van der Waals surface area contributed by atoms with Crippen LogP contribution >= 0.6 is 0 Å². The van der Waals surface area contributed by atoms with E-state index < -0.39 is 5.60 Å². The van der Waals surface area contributed by atoms with Crippen LogP contribution in [-0.4, -0.2) is 60.0 Å². The predicted molar refractivity (Wildman–Crippen MR) is 139 cm³/mol. The second kappa shape index (κ2) is 9.38. The Morgan fingerprint density at radius 1 is 1.16 bits per heavy atom. The van der Waals surface area contributed by atoms with E-state index in [-0.39, 0.29) is 23.5 Å². The van der Waals surface area contributed by atoms with E-state index in [9.17, 15) is 14.4 Å². The molecule has 3 aromatic heterocycles. The zero-order chi connectivity index (χ0) is 26.3. The topological polar surface area (TPSA) is 127 Å². The van der Waals surface area contributed by atoms with E-state index in [4.69, 9.17) is 9.84 Å². The van der Waals surface area contributed by atoms with Crippen molar-refractivity contribution < 1.29 is 14.3 Å². The molecule has 37 heavy (non-hydrogen) atoms. The normalized spacial score (nSPS) is 14.9. The first-order valence-corrected chi connectivity index (χ1v) is 12.5. The standard InChI is InChI=1S/C26H31N7O4/c1-5-32-14-11-19(29-32)24(35)27-17-7-6-8-18-22(17)23-28-21(34)15-20(33(23)30-18)16-9-12-31(13-10-16)25(36)37-26(2,3)4/h6-8,11,14-16H,5,9-10,12-13H2,1-4H3,(H,27,35)(H,28,34). The van der Waals surface area contributed by atoms with Gasteiger partial charge in [-0.1, -0.05) is 6.07 Å². The Kier molecular flexibility index (Phi) is 6.22. The molecule has 0 radical (unpaired) electrons. The molecule has 0 bridgehead atoms. The average molecular weight is 506 g/mol. The highest BCUT2D eigenvalue weighted by atomic mass is 16.6. The SMILES string of the molecule is CCn1ccc(C(=O)Nc2cccc3nn4c(C5CCN(C(=O)OC(C)(C)C)CC5)cc(=O)[nH]c4c23)n1. The number of piperidine rings is 1. The molecular weight excluding hydrogens is 474 g/mol. The second-order valence-corrected chi connectivity index (χ2v) is 10.3. The number of carbonyl (C=O) groups excluding carboxylic acids is 2. The number of aromatic nitrogens is 5. The number of benzene rings is 1. The van der Waals surface area contributed by atoms with E-state index in [0.29, 0.717) is 60.4 Å². The zero-order valence-electron chi connectivity index (χ0n) is 21.4. The Morgan fingerprint density at radius 3 is 2.59 bits per heavy atom. The van der Waals surface area contributed by atoms with Crippen LogP contribution in [0.1, 0.15) is 62.6 Å². The van der Waals surface area contributed by atoms with Gasteiger partial charge in [-0.2, -0.15) is 10.2 Å². The lowest BCUT2D eigenvalue weighted by Gasteiger charge is -2.33. The number of fused-ring (bicyclic) bond motifs is 3. The van der Waals surface area contributed by atoms with Crippen LogP contribution in [0.2, 0.25) is 0 Å². The number of H-pyrrole nitrogens is 1. The van der Waals surface area contributed by atoms with Gasteiger partial charge in [0.2, 0.25) is 0 Å². The average Bonchev–Trinajstić information content (AvgIpc) is 3.48. The van der Waals surface area contributed by atoms with E-state index in [1.165, 1.54) is 0 Å². The monoisotopic (exact) mass is 505 g/mol. The fourth-order valence-electron chi connectivity index (χ4n) is 4.71. The number of likely N-dealkylation sites (tertiary alicyclic amines) is 1. The van der Waals surface area contributed by atoms with E-state index in [1.807, 2.05) is 39.8 Å². The molecule has 1 aliphatic heterocycles. The fraction of sp³-hybridized carbons (Fsp3) is 0.423. The highest BCUT2D eigenvalue weighted by molar-refractivity contribution is 6.11. The first-order chi connectivity index (χ1) is 17.6. The Labute approximate surface area is 213 Å².